The van der Waals surface area contributed by atoms with Gasteiger partial charge < -0.3 is 20.6 Å². The topological polar surface area (TPSA) is 69.8 Å². The van der Waals surface area contributed by atoms with E-state index in [9.17, 15) is 4.79 Å². The first-order valence-corrected chi connectivity index (χ1v) is 6.53. The number of nitrogen functional groups attached to an aromatic ring is 1. The molecule has 0 saturated heterocycles. The molecule has 0 heterocycles. The Morgan fingerprint density at radius 3 is 2.58 bits per heavy atom. The monoisotopic (exact) mass is 263 g/mol. The Morgan fingerprint density at radius 2 is 2.11 bits per heavy atom. The van der Waals surface area contributed by atoms with Crippen LogP contribution in [-0.4, -0.2) is 49.2 Å². The first-order valence-electron chi connectivity index (χ1n) is 6.53. The van der Waals surface area contributed by atoms with Gasteiger partial charge in [-0.1, -0.05) is 0 Å². The van der Waals surface area contributed by atoms with E-state index in [4.69, 9.17) is 10.8 Å². The summed E-state index contributed by atoms with van der Waals surface area (Å²) in [6.07, 6.45) is 2.27. The van der Waals surface area contributed by atoms with Crippen LogP contribution in [0.25, 0.3) is 0 Å². The smallest absolute Gasteiger partial charge is 0.253 e. The molecule has 0 spiro atoms. The second-order valence-electron chi connectivity index (χ2n) is 5.12. The summed E-state index contributed by atoms with van der Waals surface area (Å²) in [6.45, 7) is 0.685. The van der Waals surface area contributed by atoms with Crippen molar-refractivity contribution in [1.29, 1.82) is 0 Å². The number of aliphatic hydroxyl groups excluding tert-OH is 1. The minimum atomic E-state index is -0.0571. The molecule has 104 valence electrons. The Bertz CT molecular complexity index is 470. The van der Waals surface area contributed by atoms with Crippen LogP contribution in [0.15, 0.2) is 18.2 Å². The average Bonchev–Trinajstić information content (AvgIpc) is 3.19. The van der Waals surface area contributed by atoms with Crippen LogP contribution in [0.4, 0.5) is 11.4 Å². The summed E-state index contributed by atoms with van der Waals surface area (Å²) in [4.78, 5) is 15.5. The van der Waals surface area contributed by atoms with Crippen molar-refractivity contribution in [2.45, 2.75) is 18.9 Å². The van der Waals surface area contributed by atoms with Gasteiger partial charge in [-0.25, -0.2) is 0 Å². The fourth-order valence-electron chi connectivity index (χ4n) is 2.20. The van der Waals surface area contributed by atoms with Crippen molar-refractivity contribution in [3.63, 3.8) is 0 Å². The van der Waals surface area contributed by atoms with Crippen molar-refractivity contribution >= 4 is 17.3 Å². The standard InChI is InChI=1S/C14H21N3O2/c1-16(2)14(19)10-3-6-13(12(15)9-10)17(7-8-18)11-4-5-11/h3,6,9,11,18H,4-5,7-8,15H2,1-2H3. The summed E-state index contributed by atoms with van der Waals surface area (Å²) in [5.41, 5.74) is 8.15. The highest BCUT2D eigenvalue weighted by Gasteiger charge is 2.30. The number of amides is 1. The molecule has 3 N–H and O–H groups in total. The maximum atomic E-state index is 11.9. The van der Waals surface area contributed by atoms with E-state index in [0.29, 0.717) is 23.8 Å². The Balaban J connectivity index is 2.25. The molecule has 5 nitrogen and oxygen atoms in total. The molecule has 0 radical (unpaired) electrons. The van der Waals surface area contributed by atoms with Gasteiger partial charge in [-0.2, -0.15) is 0 Å². The van der Waals surface area contributed by atoms with Crippen LogP contribution in [-0.2, 0) is 0 Å². The molecular formula is C14H21N3O2. The van der Waals surface area contributed by atoms with Gasteiger partial charge in [0.05, 0.1) is 18.0 Å². The number of nitrogens with zero attached hydrogens (tertiary/aromatic N) is 2. The van der Waals surface area contributed by atoms with Crippen LogP contribution in [0.2, 0.25) is 0 Å². The summed E-state index contributed by atoms with van der Waals surface area (Å²) in [5, 5.41) is 9.14. The first-order chi connectivity index (χ1) is 9.04. The lowest BCUT2D eigenvalue weighted by atomic mass is 10.1. The van der Waals surface area contributed by atoms with Gasteiger partial charge in [0.2, 0.25) is 0 Å². The zero-order valence-electron chi connectivity index (χ0n) is 11.5. The SMILES string of the molecule is CN(C)C(=O)c1ccc(N(CCO)C2CC2)c(N)c1. The zero-order chi connectivity index (χ0) is 14.0. The second-order valence-corrected chi connectivity index (χ2v) is 5.12. The van der Waals surface area contributed by atoms with Crippen molar-refractivity contribution in [1.82, 2.24) is 4.90 Å². The van der Waals surface area contributed by atoms with Crippen molar-refractivity contribution in [3.8, 4) is 0 Å². The third-order valence-corrected chi connectivity index (χ3v) is 3.32. The lowest BCUT2D eigenvalue weighted by Crippen LogP contribution is -2.30. The van der Waals surface area contributed by atoms with Gasteiger partial charge >= 0.3 is 0 Å². The third-order valence-electron chi connectivity index (χ3n) is 3.32. The normalized spacial score (nSPS) is 14.3. The minimum Gasteiger partial charge on any atom is -0.397 e. The summed E-state index contributed by atoms with van der Waals surface area (Å²) >= 11 is 0. The van der Waals surface area contributed by atoms with Gasteiger partial charge in [-0.15, -0.1) is 0 Å². The van der Waals surface area contributed by atoms with Gasteiger partial charge in [0.15, 0.2) is 0 Å². The molecular weight excluding hydrogens is 242 g/mol. The molecule has 0 aromatic heterocycles. The van der Waals surface area contributed by atoms with E-state index in [1.54, 1.807) is 26.2 Å². The van der Waals surface area contributed by atoms with Crippen LogP contribution in [0.3, 0.4) is 0 Å². The van der Waals surface area contributed by atoms with Crippen molar-refractivity contribution in [2.75, 3.05) is 37.9 Å². The molecule has 1 aliphatic carbocycles. The molecule has 1 fully saturated rings. The summed E-state index contributed by atoms with van der Waals surface area (Å²) in [7, 11) is 3.43. The number of carbonyl (C=O) groups excluding carboxylic acids is 1. The van der Waals surface area contributed by atoms with Crippen LogP contribution in [0.1, 0.15) is 23.2 Å². The molecule has 0 unspecified atom stereocenters. The van der Waals surface area contributed by atoms with Crippen LogP contribution in [0, 0.1) is 0 Å². The van der Waals surface area contributed by atoms with Crippen molar-refractivity contribution < 1.29 is 9.90 Å². The lowest BCUT2D eigenvalue weighted by molar-refractivity contribution is 0.0827. The van der Waals surface area contributed by atoms with Crippen LogP contribution < -0.4 is 10.6 Å². The Morgan fingerprint density at radius 1 is 1.42 bits per heavy atom. The third kappa shape index (κ3) is 2.98. The van der Waals surface area contributed by atoms with Gasteiger partial charge in [0.25, 0.3) is 5.91 Å². The van der Waals surface area contributed by atoms with E-state index < -0.39 is 0 Å². The van der Waals surface area contributed by atoms with Crippen molar-refractivity contribution in [3.05, 3.63) is 23.8 Å². The molecule has 5 heteroatoms. The highest BCUT2D eigenvalue weighted by Crippen LogP contribution is 2.34. The maximum Gasteiger partial charge on any atom is 0.253 e. The fourth-order valence-corrected chi connectivity index (χ4v) is 2.20. The zero-order valence-corrected chi connectivity index (χ0v) is 11.5. The lowest BCUT2D eigenvalue weighted by Gasteiger charge is -2.25. The van der Waals surface area contributed by atoms with Gasteiger partial charge in [-0.3, -0.25) is 4.79 Å². The largest absolute Gasteiger partial charge is 0.397 e. The summed E-state index contributed by atoms with van der Waals surface area (Å²) < 4.78 is 0. The number of rotatable bonds is 5. The Labute approximate surface area is 113 Å². The summed E-state index contributed by atoms with van der Waals surface area (Å²) in [5.74, 6) is -0.0571. The number of nitrogens with two attached hydrogens (primary N) is 1. The second kappa shape index (κ2) is 5.48. The number of hydrogen-bond acceptors (Lipinski definition) is 4. The number of anilines is 2. The average molecular weight is 263 g/mol. The number of carbonyl (C=O) groups is 1. The van der Waals surface area contributed by atoms with E-state index in [1.165, 1.54) is 4.90 Å². The van der Waals surface area contributed by atoms with Crippen LogP contribution in [0.5, 0.6) is 0 Å². The van der Waals surface area contributed by atoms with E-state index in [1.807, 2.05) is 6.07 Å². The summed E-state index contributed by atoms with van der Waals surface area (Å²) in [6, 6.07) is 5.86. The van der Waals surface area contributed by atoms with E-state index in [0.717, 1.165) is 18.5 Å². The first kappa shape index (κ1) is 13.7. The molecule has 1 aliphatic rings. The molecule has 2 rings (SSSR count). The van der Waals surface area contributed by atoms with Crippen LogP contribution >= 0.6 is 0 Å². The Kier molecular flexibility index (Phi) is 3.95. The number of hydrogen-bond donors (Lipinski definition) is 2. The molecule has 1 aromatic rings. The molecule has 0 bridgehead atoms. The number of aliphatic hydroxyl groups is 1. The van der Waals surface area contributed by atoms with E-state index in [2.05, 4.69) is 4.90 Å². The molecule has 0 aliphatic heterocycles. The van der Waals surface area contributed by atoms with Gasteiger partial charge in [0.1, 0.15) is 0 Å². The van der Waals surface area contributed by atoms with E-state index >= 15 is 0 Å². The molecule has 1 saturated carbocycles. The highest BCUT2D eigenvalue weighted by molar-refractivity contribution is 5.95. The molecule has 0 atom stereocenters. The van der Waals surface area contributed by atoms with Crippen molar-refractivity contribution in [2.24, 2.45) is 0 Å². The molecule has 19 heavy (non-hydrogen) atoms. The van der Waals surface area contributed by atoms with E-state index in [-0.39, 0.29) is 12.5 Å². The Hall–Kier alpha value is -1.75. The predicted molar refractivity (Wildman–Crippen MR) is 76.3 cm³/mol. The molecule has 1 aromatic carbocycles. The highest BCUT2D eigenvalue weighted by atomic mass is 16.3. The molecule has 1 amide bonds. The number of benzene rings is 1. The van der Waals surface area contributed by atoms with Gasteiger partial charge in [0, 0.05) is 32.2 Å². The quantitative estimate of drug-likeness (QED) is 0.775. The van der Waals surface area contributed by atoms with Gasteiger partial charge in [-0.05, 0) is 31.0 Å². The maximum absolute atomic E-state index is 11.9. The predicted octanol–water partition coefficient (Wildman–Crippen LogP) is 0.932. The fraction of sp³-hybridized carbons (Fsp3) is 0.500. The minimum absolute atomic E-state index is 0.0571.